The molecule has 1 fully saturated rings. The van der Waals surface area contributed by atoms with Crippen molar-refractivity contribution in [3.63, 3.8) is 0 Å². The molecule has 1 aliphatic heterocycles. The number of aliphatic hydroxyl groups is 3. The molecule has 2 atom stereocenters. The number of sulfonamides is 1. The Labute approximate surface area is 386 Å². The van der Waals surface area contributed by atoms with Crippen LogP contribution in [0.3, 0.4) is 0 Å². The zero-order valence-electron chi connectivity index (χ0n) is 35.1. The molecule has 65 heavy (non-hydrogen) atoms. The molecular formula is C46H50ClF3N4O8S3. The number of nitrogens with zero attached hydrogens (tertiary/aromatic N) is 2. The van der Waals surface area contributed by atoms with Gasteiger partial charge in [-0.1, -0.05) is 66.2 Å². The van der Waals surface area contributed by atoms with E-state index in [1.807, 2.05) is 59.3 Å². The van der Waals surface area contributed by atoms with Crippen LogP contribution in [0.15, 0.2) is 136 Å². The van der Waals surface area contributed by atoms with E-state index in [4.69, 9.17) is 11.6 Å². The minimum absolute atomic E-state index is 0.0303. The third-order valence-corrected chi connectivity index (χ3v) is 15.5. The maximum absolute atomic E-state index is 14.2. The zero-order valence-corrected chi connectivity index (χ0v) is 38.3. The molecule has 5 aromatic rings. The normalized spacial score (nSPS) is 14.9. The van der Waals surface area contributed by atoms with Crippen LogP contribution in [0, 0.1) is 5.92 Å². The molecule has 0 spiro atoms. The van der Waals surface area contributed by atoms with Crippen molar-refractivity contribution < 1.29 is 50.1 Å². The smallest absolute Gasteiger partial charge is 0.395 e. The molecule has 348 valence electrons. The Bertz CT molecular complexity index is 2580. The predicted molar refractivity (Wildman–Crippen MR) is 247 cm³/mol. The summed E-state index contributed by atoms with van der Waals surface area (Å²) in [6.45, 7) is 1.47. The second kappa shape index (κ2) is 22.2. The van der Waals surface area contributed by atoms with E-state index in [-0.39, 0.29) is 56.5 Å². The molecule has 5 N–H and O–H groups in total. The lowest BCUT2D eigenvalue weighted by Gasteiger charge is -2.36. The fourth-order valence-electron chi connectivity index (χ4n) is 7.66. The molecule has 6 rings (SSSR count). The average molecular weight is 976 g/mol. The Balaban J connectivity index is 1.14. The van der Waals surface area contributed by atoms with E-state index in [1.54, 1.807) is 41.3 Å². The second-order valence-corrected chi connectivity index (χ2v) is 20.6. The van der Waals surface area contributed by atoms with Crippen LogP contribution in [0.4, 0.5) is 24.5 Å². The Kier molecular flexibility index (Phi) is 17.0. The fourth-order valence-corrected chi connectivity index (χ4v) is 10.8. The minimum Gasteiger partial charge on any atom is -0.395 e. The molecule has 1 heterocycles. The molecule has 0 aromatic heterocycles. The number of hydrogen-bond acceptors (Lipinski definition) is 12. The summed E-state index contributed by atoms with van der Waals surface area (Å²) in [5.41, 5.74) is -2.95. The number of carbonyl (C=O) groups is 1. The number of rotatable bonds is 20. The molecular weight excluding hydrogens is 925 g/mol. The lowest BCUT2D eigenvalue weighted by molar-refractivity contribution is -0.0435. The van der Waals surface area contributed by atoms with E-state index in [0.717, 1.165) is 39.4 Å². The van der Waals surface area contributed by atoms with Crippen molar-refractivity contribution in [2.75, 3.05) is 61.9 Å². The SMILES string of the molecule is O=C(NS(=O)(=O)c1ccc(NC(CCN(CCO)CCO)CSc2ccccc2)c(S(=O)(=O)C(F)(F)F)c1)c1ccc(N2CCC(C(O)c3ccccc3-c3ccc(Cl)cc3)CC2)cc1. The van der Waals surface area contributed by atoms with Gasteiger partial charge in [-0.25, -0.2) is 21.6 Å². The first-order chi connectivity index (χ1) is 31.0. The number of piperidine rings is 1. The number of hydrogen-bond donors (Lipinski definition) is 5. The van der Waals surface area contributed by atoms with Crippen molar-refractivity contribution in [2.24, 2.45) is 5.92 Å². The third kappa shape index (κ3) is 12.8. The van der Waals surface area contributed by atoms with Crippen molar-refractivity contribution in [3.05, 3.63) is 137 Å². The highest BCUT2D eigenvalue weighted by atomic mass is 35.5. The van der Waals surface area contributed by atoms with Crippen molar-refractivity contribution >= 4 is 60.5 Å². The van der Waals surface area contributed by atoms with Crippen LogP contribution < -0.4 is 14.9 Å². The van der Waals surface area contributed by atoms with Gasteiger partial charge in [-0.05, 0) is 109 Å². The molecule has 19 heteroatoms. The summed E-state index contributed by atoms with van der Waals surface area (Å²) in [5, 5.41) is 33.9. The number of anilines is 2. The molecule has 1 amide bonds. The molecule has 0 saturated carbocycles. The van der Waals surface area contributed by atoms with Crippen molar-refractivity contribution in [1.29, 1.82) is 0 Å². The number of halogens is 4. The van der Waals surface area contributed by atoms with Gasteiger partial charge in [0.25, 0.3) is 25.8 Å². The Hall–Kier alpha value is -4.66. The molecule has 5 aromatic carbocycles. The number of nitrogens with one attached hydrogen (secondary N) is 2. The second-order valence-electron chi connectivity index (χ2n) is 15.5. The standard InChI is InChI=1S/C46H50ClF3N4O8S3/c47-35-14-10-32(11-15-35)40-8-4-5-9-41(40)44(57)33-20-24-54(25-21-33)37-16-12-34(13-17-37)45(58)52-65(61,62)39-18-19-42(43(30-39)64(59,60)46(48,49)50)51-36(22-23-53(26-28-55)27-29-56)31-63-38-6-2-1-3-7-38/h1-19,30,33,36,44,51,55-57H,20-29,31H2,(H,52,58). The fraction of sp³-hybridized carbons (Fsp3) is 0.326. The largest absolute Gasteiger partial charge is 0.501 e. The molecule has 0 radical (unpaired) electrons. The van der Waals surface area contributed by atoms with E-state index in [2.05, 4.69) is 10.2 Å². The zero-order chi connectivity index (χ0) is 46.8. The highest BCUT2D eigenvalue weighted by molar-refractivity contribution is 7.99. The van der Waals surface area contributed by atoms with Gasteiger partial charge in [0.05, 0.1) is 29.9 Å². The van der Waals surface area contributed by atoms with E-state index >= 15 is 0 Å². The summed E-state index contributed by atoms with van der Waals surface area (Å²) in [5.74, 6) is -0.871. The number of thioether (sulfide) groups is 1. The first-order valence-electron chi connectivity index (χ1n) is 20.8. The average Bonchev–Trinajstić information content (AvgIpc) is 3.30. The summed E-state index contributed by atoms with van der Waals surface area (Å²) < 4.78 is 97.4. The maximum Gasteiger partial charge on any atom is 0.501 e. The van der Waals surface area contributed by atoms with Crippen LogP contribution in [0.1, 0.15) is 41.3 Å². The minimum atomic E-state index is -6.13. The topological polar surface area (TPSA) is 177 Å². The summed E-state index contributed by atoms with van der Waals surface area (Å²) in [6.07, 6.45) is 0.853. The van der Waals surface area contributed by atoms with Crippen LogP contribution in [0.5, 0.6) is 0 Å². The number of carbonyl (C=O) groups excluding carboxylic acids is 1. The van der Waals surface area contributed by atoms with Gasteiger partial charge in [0.2, 0.25) is 0 Å². The molecule has 0 bridgehead atoms. The summed E-state index contributed by atoms with van der Waals surface area (Å²) >= 11 is 7.45. The van der Waals surface area contributed by atoms with E-state index in [0.29, 0.717) is 37.0 Å². The van der Waals surface area contributed by atoms with Crippen LogP contribution in [0.2, 0.25) is 5.02 Å². The summed E-state index contributed by atoms with van der Waals surface area (Å²) in [7, 11) is -11.0. The van der Waals surface area contributed by atoms with E-state index in [9.17, 15) is 50.1 Å². The first kappa shape index (κ1) is 49.8. The number of benzene rings is 5. The monoisotopic (exact) mass is 974 g/mol. The van der Waals surface area contributed by atoms with Gasteiger partial charge >= 0.3 is 5.51 Å². The number of aliphatic hydroxyl groups excluding tert-OH is 3. The maximum atomic E-state index is 14.2. The van der Waals surface area contributed by atoms with E-state index in [1.165, 1.54) is 23.9 Å². The van der Waals surface area contributed by atoms with E-state index < -0.39 is 58.9 Å². The Morgan fingerprint density at radius 2 is 1.46 bits per heavy atom. The van der Waals surface area contributed by atoms with Gasteiger partial charge in [0.15, 0.2) is 0 Å². The predicted octanol–water partition coefficient (Wildman–Crippen LogP) is 7.62. The van der Waals surface area contributed by atoms with Gasteiger partial charge in [0, 0.05) is 65.7 Å². The van der Waals surface area contributed by atoms with Gasteiger partial charge < -0.3 is 25.5 Å². The van der Waals surface area contributed by atoms with Crippen LogP contribution in [0.25, 0.3) is 11.1 Å². The quantitative estimate of drug-likeness (QED) is 0.0484. The van der Waals surface area contributed by atoms with Gasteiger partial charge in [-0.3, -0.25) is 9.69 Å². The van der Waals surface area contributed by atoms with Crippen molar-refractivity contribution in [3.8, 4) is 11.1 Å². The number of sulfone groups is 1. The van der Waals surface area contributed by atoms with Gasteiger partial charge in [-0.2, -0.15) is 13.2 Å². The molecule has 0 aliphatic carbocycles. The molecule has 2 unspecified atom stereocenters. The highest BCUT2D eigenvalue weighted by Crippen LogP contribution is 2.39. The summed E-state index contributed by atoms with van der Waals surface area (Å²) in [4.78, 5) is 15.7. The highest BCUT2D eigenvalue weighted by Gasteiger charge is 2.48. The molecule has 12 nitrogen and oxygen atoms in total. The first-order valence-corrected chi connectivity index (χ1v) is 25.1. The van der Waals surface area contributed by atoms with Gasteiger partial charge in [-0.15, -0.1) is 11.8 Å². The Morgan fingerprint density at radius 1 is 0.831 bits per heavy atom. The molecule has 1 saturated heterocycles. The van der Waals surface area contributed by atoms with Gasteiger partial charge in [0.1, 0.15) is 4.90 Å². The lowest BCUT2D eigenvalue weighted by Crippen LogP contribution is -2.36. The van der Waals surface area contributed by atoms with Crippen LogP contribution >= 0.6 is 23.4 Å². The van der Waals surface area contributed by atoms with Crippen molar-refractivity contribution in [1.82, 2.24) is 9.62 Å². The third-order valence-electron chi connectivity index (χ3n) is 11.2. The van der Waals surface area contributed by atoms with Crippen molar-refractivity contribution in [2.45, 2.75) is 51.6 Å². The number of alkyl halides is 3. The molecule has 1 aliphatic rings. The lowest BCUT2D eigenvalue weighted by atomic mass is 9.84. The van der Waals surface area contributed by atoms with Crippen LogP contribution in [-0.2, 0) is 19.9 Å². The van der Waals surface area contributed by atoms with Crippen LogP contribution in [-0.4, -0.2) is 106 Å². The number of amides is 1. The summed E-state index contributed by atoms with van der Waals surface area (Å²) in [6, 6.07) is 31.9. The Morgan fingerprint density at radius 3 is 2.09 bits per heavy atom.